The molecule has 0 radical (unpaired) electrons. The Balaban J connectivity index is 2.26. The van der Waals surface area contributed by atoms with Crippen LogP contribution in [0.3, 0.4) is 0 Å². The second kappa shape index (κ2) is 6.21. The lowest BCUT2D eigenvalue weighted by Crippen LogP contribution is -2.39. The molecule has 1 aromatic rings. The van der Waals surface area contributed by atoms with E-state index in [0.717, 1.165) is 25.3 Å². The molecule has 0 saturated carbocycles. The third kappa shape index (κ3) is 2.85. The van der Waals surface area contributed by atoms with Gasteiger partial charge in [0.15, 0.2) is 0 Å². The molecule has 2 unspecified atom stereocenters. The number of rotatable bonds is 5. The van der Waals surface area contributed by atoms with E-state index in [1.54, 1.807) is 7.11 Å². The summed E-state index contributed by atoms with van der Waals surface area (Å²) < 4.78 is 5.32. The van der Waals surface area contributed by atoms with Crippen molar-refractivity contribution >= 4 is 0 Å². The van der Waals surface area contributed by atoms with Crippen LogP contribution in [0.2, 0.25) is 0 Å². The molecule has 3 nitrogen and oxygen atoms in total. The Morgan fingerprint density at radius 1 is 1.33 bits per heavy atom. The minimum Gasteiger partial charge on any atom is -0.497 e. The Morgan fingerprint density at radius 2 is 2.06 bits per heavy atom. The third-order valence-electron chi connectivity index (χ3n) is 3.85. The smallest absolute Gasteiger partial charge is 0.119 e. The summed E-state index contributed by atoms with van der Waals surface area (Å²) in [6, 6.07) is 8.85. The van der Waals surface area contributed by atoms with Crippen LogP contribution in [-0.2, 0) is 0 Å². The van der Waals surface area contributed by atoms with Crippen molar-refractivity contribution < 1.29 is 4.74 Å². The van der Waals surface area contributed by atoms with E-state index >= 15 is 0 Å². The largest absolute Gasteiger partial charge is 0.497 e. The molecular weight excluding hydrogens is 224 g/mol. The van der Waals surface area contributed by atoms with Crippen LogP contribution in [0.15, 0.2) is 24.3 Å². The third-order valence-corrected chi connectivity index (χ3v) is 3.85. The molecule has 1 aliphatic rings. The van der Waals surface area contributed by atoms with Gasteiger partial charge in [-0.25, -0.2) is 0 Å². The molecule has 2 atom stereocenters. The van der Waals surface area contributed by atoms with Gasteiger partial charge in [0.2, 0.25) is 0 Å². The number of likely N-dealkylation sites (tertiary alicyclic amines) is 1. The van der Waals surface area contributed by atoms with Gasteiger partial charge in [-0.05, 0) is 50.0 Å². The van der Waals surface area contributed by atoms with Crippen LogP contribution >= 0.6 is 0 Å². The maximum atomic E-state index is 6.34. The SMILES string of the molecule is CCC(N)C(c1cccc(OC)c1)N1CCCC1. The highest BCUT2D eigenvalue weighted by atomic mass is 16.5. The zero-order valence-electron chi connectivity index (χ0n) is 11.4. The molecule has 2 rings (SSSR count). The Hall–Kier alpha value is -1.06. The van der Waals surface area contributed by atoms with Crippen molar-refractivity contribution in [1.82, 2.24) is 4.90 Å². The van der Waals surface area contributed by atoms with E-state index < -0.39 is 0 Å². The summed E-state index contributed by atoms with van der Waals surface area (Å²) in [7, 11) is 1.71. The summed E-state index contributed by atoms with van der Waals surface area (Å²) in [5.41, 5.74) is 7.62. The summed E-state index contributed by atoms with van der Waals surface area (Å²) in [6.45, 7) is 4.49. The fourth-order valence-electron chi connectivity index (χ4n) is 2.80. The van der Waals surface area contributed by atoms with Crippen LogP contribution in [0.4, 0.5) is 0 Å². The van der Waals surface area contributed by atoms with Crippen molar-refractivity contribution in [2.75, 3.05) is 20.2 Å². The highest BCUT2D eigenvalue weighted by molar-refractivity contribution is 5.31. The van der Waals surface area contributed by atoms with Gasteiger partial charge >= 0.3 is 0 Å². The lowest BCUT2D eigenvalue weighted by atomic mass is 9.96. The molecule has 0 amide bonds. The van der Waals surface area contributed by atoms with Crippen molar-refractivity contribution in [2.24, 2.45) is 5.73 Å². The van der Waals surface area contributed by atoms with Crippen molar-refractivity contribution in [3.8, 4) is 5.75 Å². The first-order chi connectivity index (χ1) is 8.76. The molecule has 0 aliphatic carbocycles. The van der Waals surface area contributed by atoms with E-state index in [1.807, 2.05) is 6.07 Å². The zero-order valence-corrected chi connectivity index (χ0v) is 11.4. The van der Waals surface area contributed by atoms with Crippen molar-refractivity contribution in [2.45, 2.75) is 38.3 Å². The van der Waals surface area contributed by atoms with Crippen LogP contribution in [0.1, 0.15) is 37.8 Å². The van der Waals surface area contributed by atoms with Crippen LogP contribution in [-0.4, -0.2) is 31.1 Å². The van der Waals surface area contributed by atoms with Crippen molar-refractivity contribution in [1.29, 1.82) is 0 Å². The molecule has 1 aliphatic heterocycles. The van der Waals surface area contributed by atoms with Crippen LogP contribution in [0.25, 0.3) is 0 Å². The van der Waals surface area contributed by atoms with Crippen molar-refractivity contribution in [3.63, 3.8) is 0 Å². The summed E-state index contributed by atoms with van der Waals surface area (Å²) in [5, 5.41) is 0. The Bertz CT molecular complexity index is 375. The molecule has 1 heterocycles. The summed E-state index contributed by atoms with van der Waals surface area (Å²) in [6.07, 6.45) is 3.58. The average Bonchev–Trinajstić information content (AvgIpc) is 2.93. The van der Waals surface area contributed by atoms with Crippen LogP contribution in [0, 0.1) is 0 Å². The Labute approximate surface area is 110 Å². The van der Waals surface area contributed by atoms with E-state index in [1.165, 1.54) is 18.4 Å². The monoisotopic (exact) mass is 248 g/mol. The van der Waals surface area contributed by atoms with Gasteiger partial charge in [0, 0.05) is 12.1 Å². The van der Waals surface area contributed by atoms with E-state index in [9.17, 15) is 0 Å². The fraction of sp³-hybridized carbons (Fsp3) is 0.600. The number of hydrogen-bond acceptors (Lipinski definition) is 3. The number of hydrogen-bond donors (Lipinski definition) is 1. The molecule has 100 valence electrons. The van der Waals surface area contributed by atoms with Gasteiger partial charge in [-0.1, -0.05) is 19.1 Å². The molecule has 18 heavy (non-hydrogen) atoms. The summed E-state index contributed by atoms with van der Waals surface area (Å²) in [4.78, 5) is 2.52. The topological polar surface area (TPSA) is 38.5 Å². The van der Waals surface area contributed by atoms with E-state index in [-0.39, 0.29) is 6.04 Å². The molecule has 3 heteroatoms. The number of nitrogens with zero attached hydrogens (tertiary/aromatic N) is 1. The highest BCUT2D eigenvalue weighted by Crippen LogP contribution is 2.30. The molecule has 0 bridgehead atoms. The molecule has 0 spiro atoms. The first-order valence-corrected chi connectivity index (χ1v) is 6.90. The number of nitrogens with two attached hydrogens (primary N) is 1. The molecule has 1 saturated heterocycles. The lowest BCUT2D eigenvalue weighted by Gasteiger charge is -2.32. The summed E-state index contributed by atoms with van der Waals surface area (Å²) >= 11 is 0. The minimum atomic E-state index is 0.190. The van der Waals surface area contributed by atoms with E-state index in [0.29, 0.717) is 6.04 Å². The van der Waals surface area contributed by atoms with Crippen LogP contribution < -0.4 is 10.5 Å². The first kappa shape index (κ1) is 13.4. The second-order valence-electron chi connectivity index (χ2n) is 5.04. The predicted octanol–water partition coefficient (Wildman–Crippen LogP) is 2.57. The van der Waals surface area contributed by atoms with Gasteiger partial charge in [0.05, 0.1) is 7.11 Å². The first-order valence-electron chi connectivity index (χ1n) is 6.90. The maximum Gasteiger partial charge on any atom is 0.119 e. The van der Waals surface area contributed by atoms with E-state index in [4.69, 9.17) is 10.5 Å². The summed E-state index contributed by atoms with van der Waals surface area (Å²) in [5.74, 6) is 0.917. The number of methoxy groups -OCH3 is 1. The zero-order chi connectivity index (χ0) is 13.0. The van der Waals surface area contributed by atoms with Crippen molar-refractivity contribution in [3.05, 3.63) is 29.8 Å². The minimum absolute atomic E-state index is 0.190. The maximum absolute atomic E-state index is 6.34. The number of benzene rings is 1. The molecule has 1 fully saturated rings. The van der Waals surface area contributed by atoms with Gasteiger partial charge in [0.1, 0.15) is 5.75 Å². The standard InChI is InChI=1S/C15H24N2O/c1-3-14(16)15(17-9-4-5-10-17)12-7-6-8-13(11-12)18-2/h6-8,11,14-15H,3-5,9-10,16H2,1-2H3. The average molecular weight is 248 g/mol. The fourth-order valence-corrected chi connectivity index (χ4v) is 2.80. The van der Waals surface area contributed by atoms with Gasteiger partial charge < -0.3 is 10.5 Å². The molecule has 2 N–H and O–H groups in total. The Kier molecular flexibility index (Phi) is 4.61. The molecule has 1 aromatic carbocycles. The van der Waals surface area contributed by atoms with Gasteiger partial charge in [-0.3, -0.25) is 4.90 Å². The van der Waals surface area contributed by atoms with Gasteiger partial charge in [-0.2, -0.15) is 0 Å². The normalized spacial score (nSPS) is 19.7. The van der Waals surface area contributed by atoms with Gasteiger partial charge in [0.25, 0.3) is 0 Å². The Morgan fingerprint density at radius 3 is 2.67 bits per heavy atom. The van der Waals surface area contributed by atoms with Crippen LogP contribution in [0.5, 0.6) is 5.75 Å². The second-order valence-corrected chi connectivity index (χ2v) is 5.04. The van der Waals surface area contributed by atoms with Gasteiger partial charge in [-0.15, -0.1) is 0 Å². The number of ether oxygens (including phenoxy) is 1. The molecule has 0 aromatic heterocycles. The lowest BCUT2D eigenvalue weighted by molar-refractivity contribution is 0.209. The van der Waals surface area contributed by atoms with E-state index in [2.05, 4.69) is 30.0 Å². The molecular formula is C15H24N2O. The quantitative estimate of drug-likeness (QED) is 0.870. The highest BCUT2D eigenvalue weighted by Gasteiger charge is 2.27. The predicted molar refractivity (Wildman–Crippen MR) is 74.8 cm³/mol.